The number of Topliss-reactive ketones (excluding diaryl/α,β-unsaturated/α-hetero) is 1. The van der Waals surface area contributed by atoms with Crippen LogP contribution in [-0.4, -0.2) is 52.0 Å². The zero-order valence-electron chi connectivity index (χ0n) is 22.0. The van der Waals surface area contributed by atoms with Crippen molar-refractivity contribution in [1.82, 2.24) is 0 Å². The van der Waals surface area contributed by atoms with E-state index in [4.69, 9.17) is 14.2 Å². The second-order valence-corrected chi connectivity index (χ2v) is 10.9. The summed E-state index contributed by atoms with van der Waals surface area (Å²) in [7, 11) is 0. The Kier molecular flexibility index (Phi) is 8.79. The van der Waals surface area contributed by atoms with Crippen molar-refractivity contribution in [3.8, 4) is 0 Å². The van der Waals surface area contributed by atoms with E-state index < -0.39 is 65.9 Å². The van der Waals surface area contributed by atoms with Gasteiger partial charge in [0.15, 0.2) is 6.29 Å². The molecule has 0 saturated carbocycles. The van der Waals surface area contributed by atoms with Crippen molar-refractivity contribution in [2.24, 2.45) is 29.6 Å². The first-order valence-electron chi connectivity index (χ1n) is 12.9. The molecule has 2 saturated heterocycles. The van der Waals surface area contributed by atoms with Crippen LogP contribution in [0.25, 0.3) is 0 Å². The van der Waals surface area contributed by atoms with Gasteiger partial charge in [-0.1, -0.05) is 65.0 Å². The summed E-state index contributed by atoms with van der Waals surface area (Å²) >= 11 is 0. The first-order valence-corrected chi connectivity index (χ1v) is 12.9. The summed E-state index contributed by atoms with van der Waals surface area (Å²) in [6, 6.07) is 9.43. The van der Waals surface area contributed by atoms with E-state index in [0.29, 0.717) is 6.42 Å². The van der Waals surface area contributed by atoms with E-state index in [0.717, 1.165) is 5.56 Å². The molecule has 2 bridgehead atoms. The molecule has 0 spiro atoms. The Morgan fingerprint density at radius 1 is 0.971 bits per heavy atom. The van der Waals surface area contributed by atoms with E-state index in [9.17, 15) is 19.8 Å². The summed E-state index contributed by atoms with van der Waals surface area (Å²) in [6.45, 7) is 12.5. The quantitative estimate of drug-likeness (QED) is 0.603. The van der Waals surface area contributed by atoms with Gasteiger partial charge in [0, 0.05) is 29.2 Å². The maximum absolute atomic E-state index is 13.3. The molecule has 2 N–H and O–H groups in total. The molecule has 196 valence electrons. The fourth-order valence-electron chi connectivity index (χ4n) is 5.86. The van der Waals surface area contributed by atoms with Crippen molar-refractivity contribution < 1.29 is 34.0 Å². The Balaban J connectivity index is 2.04. The van der Waals surface area contributed by atoms with Gasteiger partial charge in [0.05, 0.1) is 29.8 Å². The van der Waals surface area contributed by atoms with Crippen molar-refractivity contribution in [2.75, 3.05) is 0 Å². The molecule has 0 radical (unpaired) electrons. The molecule has 2 fully saturated rings. The molecule has 35 heavy (non-hydrogen) atoms. The summed E-state index contributed by atoms with van der Waals surface area (Å²) in [5.41, 5.74) is -0.590. The van der Waals surface area contributed by atoms with Gasteiger partial charge < -0.3 is 24.4 Å². The largest absolute Gasteiger partial charge is 0.462 e. The number of aliphatic hydroxyl groups is 2. The van der Waals surface area contributed by atoms with Gasteiger partial charge in [-0.15, -0.1) is 0 Å². The van der Waals surface area contributed by atoms with Crippen LogP contribution in [-0.2, 0) is 23.8 Å². The first-order chi connectivity index (χ1) is 16.4. The summed E-state index contributed by atoms with van der Waals surface area (Å²) in [5, 5.41) is 22.6. The van der Waals surface area contributed by atoms with Crippen LogP contribution in [0.4, 0.5) is 0 Å². The lowest BCUT2D eigenvalue weighted by molar-refractivity contribution is -0.312. The molecular formula is C28H42O7. The Bertz CT molecular complexity index is 869. The molecule has 7 heteroatoms. The molecule has 1 unspecified atom stereocenters. The zero-order chi connectivity index (χ0) is 26.1. The van der Waals surface area contributed by atoms with Gasteiger partial charge in [-0.2, -0.15) is 0 Å². The molecule has 2 aliphatic rings. The van der Waals surface area contributed by atoms with Crippen LogP contribution >= 0.6 is 0 Å². The molecule has 11 atom stereocenters. The minimum atomic E-state index is -1.38. The first kappa shape index (κ1) is 27.8. The monoisotopic (exact) mass is 490 g/mol. The van der Waals surface area contributed by atoms with E-state index in [-0.39, 0.29) is 18.1 Å². The van der Waals surface area contributed by atoms with E-state index in [1.54, 1.807) is 27.7 Å². The predicted molar refractivity (Wildman–Crippen MR) is 131 cm³/mol. The number of carbonyl (C=O) groups is 2. The van der Waals surface area contributed by atoms with Crippen LogP contribution in [0.5, 0.6) is 0 Å². The average Bonchev–Trinajstić information content (AvgIpc) is 2.84. The highest BCUT2D eigenvalue weighted by Crippen LogP contribution is 2.43. The highest BCUT2D eigenvalue weighted by Gasteiger charge is 2.50. The van der Waals surface area contributed by atoms with E-state index in [2.05, 4.69) is 0 Å². The third-order valence-corrected chi connectivity index (χ3v) is 8.06. The summed E-state index contributed by atoms with van der Waals surface area (Å²) in [5.74, 6) is -3.13. The van der Waals surface area contributed by atoms with Gasteiger partial charge in [0.25, 0.3) is 0 Å². The average molecular weight is 491 g/mol. The van der Waals surface area contributed by atoms with Crippen molar-refractivity contribution in [3.63, 3.8) is 0 Å². The fraction of sp³-hybridized carbons (Fsp3) is 0.714. The maximum Gasteiger partial charge on any atom is 0.311 e. The lowest BCUT2D eigenvalue weighted by atomic mass is 9.74. The van der Waals surface area contributed by atoms with Gasteiger partial charge >= 0.3 is 5.97 Å². The Labute approximate surface area is 209 Å². The smallest absolute Gasteiger partial charge is 0.311 e. The van der Waals surface area contributed by atoms with E-state index >= 15 is 0 Å². The lowest BCUT2D eigenvalue weighted by Gasteiger charge is -2.48. The predicted octanol–water partition coefficient (Wildman–Crippen LogP) is 4.06. The van der Waals surface area contributed by atoms with Crippen LogP contribution < -0.4 is 0 Å². The van der Waals surface area contributed by atoms with Gasteiger partial charge in [-0.25, -0.2) is 0 Å². The number of rotatable bonds is 2. The number of fused-ring (bicyclic) bond motifs is 2. The number of hydrogen-bond acceptors (Lipinski definition) is 7. The number of ketones is 1. The van der Waals surface area contributed by atoms with E-state index in [1.165, 1.54) is 0 Å². The number of benzene rings is 1. The minimum Gasteiger partial charge on any atom is -0.462 e. The minimum absolute atomic E-state index is 0.132. The molecule has 0 aromatic heterocycles. The molecule has 1 aromatic carbocycles. The second kappa shape index (κ2) is 11.1. The van der Waals surface area contributed by atoms with Crippen LogP contribution in [0.15, 0.2) is 30.3 Å². The molecule has 3 rings (SSSR count). The second-order valence-electron chi connectivity index (χ2n) is 10.9. The fourth-order valence-corrected chi connectivity index (χ4v) is 5.86. The van der Waals surface area contributed by atoms with Crippen molar-refractivity contribution >= 4 is 11.8 Å². The highest BCUT2D eigenvalue weighted by molar-refractivity contribution is 5.83. The Morgan fingerprint density at radius 2 is 1.60 bits per heavy atom. The normalized spacial score (nSPS) is 43.8. The summed E-state index contributed by atoms with van der Waals surface area (Å²) < 4.78 is 18.5. The summed E-state index contributed by atoms with van der Waals surface area (Å²) in [6.07, 6.45) is -2.88. The SMILES string of the molecule is CC[C@H]1OC(=O)[C@H](C)[C@H]2OC(c3ccccc3)O[C@H]([C@H]2C)[C@](C)(O)C[C@@H](C)C(=O)[C@H](C)[C@@H](O)[C@H]1C. The number of aliphatic hydroxyl groups excluding tert-OH is 1. The van der Waals surface area contributed by atoms with Gasteiger partial charge in [0.2, 0.25) is 0 Å². The third kappa shape index (κ3) is 5.79. The molecule has 1 aromatic rings. The van der Waals surface area contributed by atoms with Crippen LogP contribution in [0, 0.1) is 29.6 Å². The Morgan fingerprint density at radius 3 is 2.20 bits per heavy atom. The van der Waals surface area contributed by atoms with Crippen LogP contribution in [0.2, 0.25) is 0 Å². The molecule has 0 aliphatic carbocycles. The van der Waals surface area contributed by atoms with Crippen LogP contribution in [0.1, 0.15) is 73.2 Å². The third-order valence-electron chi connectivity index (χ3n) is 8.06. The number of cyclic esters (lactones) is 1. The number of carbonyl (C=O) groups excluding carboxylic acids is 2. The topological polar surface area (TPSA) is 102 Å². The number of esters is 1. The van der Waals surface area contributed by atoms with Crippen LogP contribution in [0.3, 0.4) is 0 Å². The van der Waals surface area contributed by atoms with Crippen molar-refractivity contribution in [2.45, 2.75) is 97.6 Å². The maximum atomic E-state index is 13.3. The van der Waals surface area contributed by atoms with Crippen molar-refractivity contribution in [3.05, 3.63) is 35.9 Å². The van der Waals surface area contributed by atoms with Gasteiger partial charge in [-0.05, 0) is 26.7 Å². The van der Waals surface area contributed by atoms with Gasteiger partial charge in [-0.3, -0.25) is 9.59 Å². The lowest BCUT2D eigenvalue weighted by Crippen LogP contribution is -2.57. The molecule has 2 heterocycles. The molecule has 0 amide bonds. The summed E-state index contributed by atoms with van der Waals surface area (Å²) in [4.78, 5) is 26.6. The number of hydrogen-bond donors (Lipinski definition) is 2. The molecule has 2 aliphatic heterocycles. The number of ether oxygens (including phenoxy) is 3. The molecular weight excluding hydrogens is 448 g/mol. The van der Waals surface area contributed by atoms with Gasteiger partial charge in [0.1, 0.15) is 11.9 Å². The Hall–Kier alpha value is -1.80. The standard InChI is InChI=1S/C28H42O7/c1-8-21-16(3)23(30)17(4)22(29)15(2)14-28(7,32)25-18(5)24(19(6)26(31)33-21)34-27(35-25)20-12-10-9-11-13-20/h9-13,15-19,21,23-25,27,30,32H,8,14H2,1-7H3/t15-,16+,17+,18+,19-,21-,23+,24+,25-,27?,28-/m1/s1. The van der Waals surface area contributed by atoms with E-state index in [1.807, 2.05) is 51.1 Å². The van der Waals surface area contributed by atoms with Crippen molar-refractivity contribution in [1.29, 1.82) is 0 Å². The highest BCUT2D eigenvalue weighted by atomic mass is 16.7. The zero-order valence-corrected chi connectivity index (χ0v) is 22.0. The molecule has 7 nitrogen and oxygen atoms in total.